The molecule has 124 valence electrons. The number of carbonyl (C=O) groups is 2. The van der Waals surface area contributed by atoms with Crippen LogP contribution in [0.15, 0.2) is 0 Å². The van der Waals surface area contributed by atoms with Gasteiger partial charge in [0.2, 0.25) is 0 Å². The smallest absolute Gasteiger partial charge is 0.310 e. The molecule has 4 nitrogen and oxygen atoms in total. The molecule has 2 saturated heterocycles. The fourth-order valence-corrected chi connectivity index (χ4v) is 8.11. The number of cyclic esters (lactones) is 2. The van der Waals surface area contributed by atoms with Gasteiger partial charge in [-0.15, -0.1) is 0 Å². The van der Waals surface area contributed by atoms with Crippen molar-refractivity contribution < 1.29 is 19.1 Å². The molecule has 4 aliphatic carbocycles. The lowest BCUT2D eigenvalue weighted by Gasteiger charge is -2.41. The molecule has 0 aromatic heterocycles. The summed E-state index contributed by atoms with van der Waals surface area (Å²) in [5, 5.41) is 0. The van der Waals surface area contributed by atoms with Crippen molar-refractivity contribution in [3.63, 3.8) is 0 Å². The lowest BCUT2D eigenvalue weighted by atomic mass is 9.62. The summed E-state index contributed by atoms with van der Waals surface area (Å²) in [4.78, 5) is 25.1. The summed E-state index contributed by atoms with van der Waals surface area (Å²) in [6.07, 6.45) is 5.78. The van der Waals surface area contributed by atoms with Gasteiger partial charge >= 0.3 is 11.9 Å². The van der Waals surface area contributed by atoms with E-state index in [0.29, 0.717) is 42.1 Å². The molecule has 2 aliphatic heterocycles. The second-order valence-corrected chi connectivity index (χ2v) is 9.34. The zero-order chi connectivity index (χ0) is 15.5. The van der Waals surface area contributed by atoms with Crippen LogP contribution >= 0.6 is 0 Å². The fourth-order valence-electron chi connectivity index (χ4n) is 8.11. The standard InChI is InChI=1S/C19H24O4/c1-8-4-10-5-11(8)14-13(10)16(23-17(14)20)19-3-2-9(6-19)12-7-22-18(21)15(12)19/h8-16H,2-7H2,1H3. The quantitative estimate of drug-likeness (QED) is 0.697. The normalized spacial score (nSPS) is 61.7. The molecule has 4 bridgehead atoms. The molecule has 6 aliphatic rings. The van der Waals surface area contributed by atoms with E-state index in [1.54, 1.807) is 0 Å². The van der Waals surface area contributed by atoms with Crippen molar-refractivity contribution in [2.75, 3.05) is 6.61 Å². The van der Waals surface area contributed by atoms with Crippen molar-refractivity contribution in [2.45, 2.75) is 45.1 Å². The van der Waals surface area contributed by atoms with E-state index in [-0.39, 0.29) is 35.3 Å². The lowest BCUT2D eigenvalue weighted by Crippen LogP contribution is -2.46. The number of fused-ring (bicyclic) bond motifs is 10. The van der Waals surface area contributed by atoms with E-state index in [0.717, 1.165) is 12.8 Å². The van der Waals surface area contributed by atoms with Crippen molar-refractivity contribution in [3.05, 3.63) is 0 Å². The Hall–Kier alpha value is -1.06. The first kappa shape index (κ1) is 13.3. The number of rotatable bonds is 1. The Bertz CT molecular complexity index is 614. The maximum absolute atomic E-state index is 12.7. The van der Waals surface area contributed by atoms with Crippen LogP contribution in [0.2, 0.25) is 0 Å². The molecule has 4 saturated carbocycles. The van der Waals surface area contributed by atoms with Crippen molar-refractivity contribution in [2.24, 2.45) is 52.8 Å². The second kappa shape index (κ2) is 3.94. The molecule has 0 N–H and O–H groups in total. The maximum Gasteiger partial charge on any atom is 0.310 e. The van der Waals surface area contributed by atoms with Crippen LogP contribution in [0.1, 0.15) is 39.0 Å². The van der Waals surface area contributed by atoms with E-state index >= 15 is 0 Å². The topological polar surface area (TPSA) is 52.6 Å². The zero-order valence-corrected chi connectivity index (χ0v) is 13.6. The molecule has 0 amide bonds. The first-order valence-corrected chi connectivity index (χ1v) is 9.47. The molecular weight excluding hydrogens is 292 g/mol. The molecule has 10 unspecified atom stereocenters. The van der Waals surface area contributed by atoms with Gasteiger partial charge in [-0.2, -0.15) is 0 Å². The number of carbonyl (C=O) groups excluding carboxylic acids is 2. The van der Waals surface area contributed by atoms with Gasteiger partial charge in [0.1, 0.15) is 6.10 Å². The van der Waals surface area contributed by atoms with E-state index < -0.39 is 0 Å². The van der Waals surface area contributed by atoms with Crippen LogP contribution in [0.25, 0.3) is 0 Å². The molecule has 0 radical (unpaired) electrons. The Kier molecular flexibility index (Phi) is 2.27. The highest BCUT2D eigenvalue weighted by atomic mass is 16.6. The number of hydrogen-bond acceptors (Lipinski definition) is 4. The Balaban J connectivity index is 1.42. The third kappa shape index (κ3) is 1.34. The second-order valence-electron chi connectivity index (χ2n) is 9.34. The van der Waals surface area contributed by atoms with Gasteiger partial charge < -0.3 is 9.47 Å². The third-order valence-corrected chi connectivity index (χ3v) is 8.78. The summed E-state index contributed by atoms with van der Waals surface area (Å²) in [6.45, 7) is 2.90. The molecule has 10 atom stereocenters. The monoisotopic (exact) mass is 316 g/mol. The minimum atomic E-state index is -0.0916. The van der Waals surface area contributed by atoms with Gasteiger partial charge in [-0.05, 0) is 55.8 Å². The lowest BCUT2D eigenvalue weighted by molar-refractivity contribution is -0.158. The summed E-state index contributed by atoms with van der Waals surface area (Å²) < 4.78 is 11.5. The van der Waals surface area contributed by atoms with Crippen molar-refractivity contribution in [3.8, 4) is 0 Å². The predicted molar refractivity (Wildman–Crippen MR) is 80.0 cm³/mol. The molecule has 23 heavy (non-hydrogen) atoms. The minimum Gasteiger partial charge on any atom is -0.465 e. The van der Waals surface area contributed by atoms with Crippen LogP contribution < -0.4 is 0 Å². The largest absolute Gasteiger partial charge is 0.465 e. The summed E-state index contributed by atoms with van der Waals surface area (Å²) in [7, 11) is 0. The highest BCUT2D eigenvalue weighted by molar-refractivity contribution is 5.79. The maximum atomic E-state index is 12.7. The molecule has 0 aromatic rings. The van der Waals surface area contributed by atoms with Crippen LogP contribution in [0.5, 0.6) is 0 Å². The highest BCUT2D eigenvalue weighted by Gasteiger charge is 2.73. The Labute approximate surface area is 136 Å². The molecule has 6 rings (SSSR count). The SMILES string of the molecule is CC1CC2CC1C1C(=O)OC(C34CCC(C3)C3COC(=O)C34)C21. The van der Waals surface area contributed by atoms with E-state index in [4.69, 9.17) is 9.47 Å². The summed E-state index contributed by atoms with van der Waals surface area (Å²) in [5.41, 5.74) is -0.0916. The average Bonchev–Trinajstić information content (AvgIpc) is 3.28. The molecule has 0 spiro atoms. The van der Waals surface area contributed by atoms with Gasteiger partial charge in [0.25, 0.3) is 0 Å². The van der Waals surface area contributed by atoms with Crippen LogP contribution in [-0.4, -0.2) is 24.6 Å². The van der Waals surface area contributed by atoms with Crippen LogP contribution in [0.3, 0.4) is 0 Å². The average molecular weight is 316 g/mol. The minimum absolute atomic E-state index is 0.00627. The van der Waals surface area contributed by atoms with E-state index in [1.165, 1.54) is 19.3 Å². The van der Waals surface area contributed by atoms with Crippen molar-refractivity contribution in [1.29, 1.82) is 0 Å². The van der Waals surface area contributed by atoms with E-state index in [1.807, 2.05) is 0 Å². The Morgan fingerprint density at radius 1 is 1.09 bits per heavy atom. The molecule has 4 heteroatoms. The van der Waals surface area contributed by atoms with Gasteiger partial charge in [-0.1, -0.05) is 6.92 Å². The van der Waals surface area contributed by atoms with Gasteiger partial charge in [-0.25, -0.2) is 0 Å². The number of ether oxygens (including phenoxy) is 2. The van der Waals surface area contributed by atoms with Gasteiger partial charge in [0, 0.05) is 17.3 Å². The zero-order valence-electron chi connectivity index (χ0n) is 13.6. The number of hydrogen-bond donors (Lipinski definition) is 0. The Morgan fingerprint density at radius 3 is 2.83 bits per heavy atom. The highest BCUT2D eigenvalue weighted by Crippen LogP contribution is 2.70. The van der Waals surface area contributed by atoms with Gasteiger partial charge in [0.15, 0.2) is 0 Å². The first-order chi connectivity index (χ1) is 11.1. The predicted octanol–water partition coefficient (Wildman–Crippen LogP) is 2.41. The van der Waals surface area contributed by atoms with Crippen LogP contribution in [0, 0.1) is 52.8 Å². The molecule has 0 aromatic carbocycles. The fraction of sp³-hybridized carbons (Fsp3) is 0.895. The third-order valence-electron chi connectivity index (χ3n) is 8.78. The number of esters is 2. The molecule has 2 heterocycles. The van der Waals surface area contributed by atoms with E-state index in [2.05, 4.69) is 6.92 Å². The van der Waals surface area contributed by atoms with Gasteiger partial charge in [0.05, 0.1) is 18.4 Å². The van der Waals surface area contributed by atoms with Crippen LogP contribution in [0.4, 0.5) is 0 Å². The molecule has 6 fully saturated rings. The summed E-state index contributed by atoms with van der Waals surface area (Å²) in [5.74, 6) is 3.40. The van der Waals surface area contributed by atoms with Crippen molar-refractivity contribution in [1.82, 2.24) is 0 Å². The van der Waals surface area contributed by atoms with E-state index in [9.17, 15) is 9.59 Å². The summed E-state index contributed by atoms with van der Waals surface area (Å²) >= 11 is 0. The van der Waals surface area contributed by atoms with Crippen LogP contribution in [-0.2, 0) is 19.1 Å². The summed E-state index contributed by atoms with van der Waals surface area (Å²) in [6, 6.07) is 0. The van der Waals surface area contributed by atoms with Crippen molar-refractivity contribution >= 4 is 11.9 Å². The Morgan fingerprint density at radius 2 is 1.96 bits per heavy atom. The van der Waals surface area contributed by atoms with Gasteiger partial charge in [-0.3, -0.25) is 9.59 Å². The molecular formula is C19H24O4. The first-order valence-electron chi connectivity index (χ1n) is 9.47.